The molecule has 0 aliphatic rings. The molecule has 0 saturated carbocycles. The fourth-order valence-electron chi connectivity index (χ4n) is 2.28. The molecular weight excluding hydrogens is 368 g/mol. The summed E-state index contributed by atoms with van der Waals surface area (Å²) in [5.74, 6) is 1.22. The third-order valence-corrected chi connectivity index (χ3v) is 3.94. The second-order valence-corrected chi connectivity index (χ2v) is 6.13. The fourth-order valence-corrected chi connectivity index (χ4v) is 2.67. The summed E-state index contributed by atoms with van der Waals surface area (Å²) in [5, 5.41) is 20.9. The van der Waals surface area contributed by atoms with Crippen molar-refractivity contribution in [1.82, 2.24) is 15.2 Å². The Morgan fingerprint density at radius 3 is 2.50 bits per heavy atom. The average molecular weight is 385 g/mol. The lowest BCUT2D eigenvalue weighted by Crippen LogP contribution is -2.09. The molecule has 5 nitrogen and oxygen atoms in total. The van der Waals surface area contributed by atoms with Crippen molar-refractivity contribution in [3.05, 3.63) is 59.1 Å². The summed E-state index contributed by atoms with van der Waals surface area (Å²) in [4.78, 5) is 4.65. The maximum absolute atomic E-state index is 9.00. The average Bonchev–Trinajstić information content (AvgIpc) is 2.63. The van der Waals surface area contributed by atoms with E-state index in [2.05, 4.69) is 36.4 Å². The van der Waals surface area contributed by atoms with Crippen molar-refractivity contribution in [3.8, 4) is 22.6 Å². The van der Waals surface area contributed by atoms with Crippen molar-refractivity contribution in [2.45, 2.75) is 6.42 Å². The number of hydrogen-bond donors (Lipinski definition) is 2. The Kier molecular flexibility index (Phi) is 5.51. The number of aliphatic hydroxyl groups excluding tert-OH is 1. The van der Waals surface area contributed by atoms with Crippen LogP contribution in [0.4, 0.5) is 5.82 Å². The van der Waals surface area contributed by atoms with E-state index in [1.165, 1.54) is 0 Å². The van der Waals surface area contributed by atoms with Gasteiger partial charge in [-0.1, -0.05) is 58.4 Å². The highest BCUT2D eigenvalue weighted by Crippen LogP contribution is 2.26. The van der Waals surface area contributed by atoms with Gasteiger partial charge in [0.25, 0.3) is 0 Å². The summed E-state index contributed by atoms with van der Waals surface area (Å²) in [5.41, 5.74) is 2.54. The van der Waals surface area contributed by atoms with Crippen LogP contribution >= 0.6 is 15.9 Å². The van der Waals surface area contributed by atoms with E-state index >= 15 is 0 Å². The second kappa shape index (κ2) is 7.99. The largest absolute Gasteiger partial charge is 0.396 e. The summed E-state index contributed by atoms with van der Waals surface area (Å²) in [6.07, 6.45) is 0.643. The zero-order chi connectivity index (χ0) is 16.8. The first kappa shape index (κ1) is 16.5. The van der Waals surface area contributed by atoms with Crippen molar-refractivity contribution < 1.29 is 5.11 Å². The molecule has 0 fully saturated rings. The Labute approximate surface area is 148 Å². The first-order chi connectivity index (χ1) is 11.8. The van der Waals surface area contributed by atoms with Crippen LogP contribution in [-0.4, -0.2) is 33.4 Å². The van der Waals surface area contributed by atoms with E-state index in [-0.39, 0.29) is 6.61 Å². The molecule has 0 saturated heterocycles. The van der Waals surface area contributed by atoms with Gasteiger partial charge in [-0.05, 0) is 18.6 Å². The highest BCUT2D eigenvalue weighted by Gasteiger charge is 2.12. The number of hydrogen-bond acceptors (Lipinski definition) is 5. The van der Waals surface area contributed by atoms with Gasteiger partial charge in [0.2, 0.25) is 0 Å². The van der Waals surface area contributed by atoms with Crippen LogP contribution < -0.4 is 5.32 Å². The van der Waals surface area contributed by atoms with Crippen LogP contribution in [0.3, 0.4) is 0 Å². The lowest BCUT2D eigenvalue weighted by molar-refractivity contribution is 0.292. The molecule has 3 aromatic rings. The molecule has 1 heterocycles. The molecule has 0 atom stereocenters. The first-order valence-electron chi connectivity index (χ1n) is 7.69. The number of aliphatic hydroxyl groups is 1. The van der Waals surface area contributed by atoms with E-state index in [0.717, 1.165) is 15.6 Å². The standard InChI is InChI=1S/C18H17BrN4O/c19-15-9-4-8-14(12-15)17-21-18(20-10-5-11-24)16(22-23-17)13-6-2-1-3-7-13/h1-4,6-9,12,24H,5,10-11H2,(H,20,21,23). The summed E-state index contributed by atoms with van der Waals surface area (Å²) in [6, 6.07) is 17.6. The summed E-state index contributed by atoms with van der Waals surface area (Å²) >= 11 is 3.46. The van der Waals surface area contributed by atoms with Gasteiger partial charge in [0.05, 0.1) is 0 Å². The van der Waals surface area contributed by atoms with Crippen LogP contribution in [0.2, 0.25) is 0 Å². The third-order valence-electron chi connectivity index (χ3n) is 3.44. The van der Waals surface area contributed by atoms with Gasteiger partial charge >= 0.3 is 0 Å². The fraction of sp³-hybridized carbons (Fsp3) is 0.167. The normalized spacial score (nSPS) is 10.6. The molecule has 0 bridgehead atoms. The molecule has 0 unspecified atom stereocenters. The minimum Gasteiger partial charge on any atom is -0.396 e. The van der Waals surface area contributed by atoms with E-state index in [0.29, 0.717) is 30.3 Å². The monoisotopic (exact) mass is 384 g/mol. The van der Waals surface area contributed by atoms with Crippen molar-refractivity contribution in [1.29, 1.82) is 0 Å². The number of aromatic nitrogens is 3. The van der Waals surface area contributed by atoms with E-state index < -0.39 is 0 Å². The molecular formula is C18H17BrN4O. The molecule has 0 aliphatic carbocycles. The molecule has 24 heavy (non-hydrogen) atoms. The number of halogens is 1. The minimum atomic E-state index is 0.130. The van der Waals surface area contributed by atoms with Gasteiger partial charge in [-0.15, -0.1) is 10.2 Å². The summed E-state index contributed by atoms with van der Waals surface area (Å²) in [7, 11) is 0. The highest BCUT2D eigenvalue weighted by atomic mass is 79.9. The molecule has 0 radical (unpaired) electrons. The van der Waals surface area contributed by atoms with Crippen LogP contribution in [0.25, 0.3) is 22.6 Å². The summed E-state index contributed by atoms with van der Waals surface area (Å²) in [6.45, 7) is 0.748. The molecule has 1 aromatic heterocycles. The molecule has 0 amide bonds. The summed E-state index contributed by atoms with van der Waals surface area (Å²) < 4.78 is 0.963. The van der Waals surface area contributed by atoms with Crippen molar-refractivity contribution in [2.24, 2.45) is 0 Å². The zero-order valence-electron chi connectivity index (χ0n) is 13.0. The van der Waals surface area contributed by atoms with Crippen LogP contribution in [0, 0.1) is 0 Å². The van der Waals surface area contributed by atoms with Crippen LogP contribution in [-0.2, 0) is 0 Å². The van der Waals surface area contributed by atoms with Gasteiger partial charge < -0.3 is 10.4 Å². The number of rotatable bonds is 6. The number of benzene rings is 2. The number of anilines is 1. The van der Waals surface area contributed by atoms with Gasteiger partial charge in [0.15, 0.2) is 11.6 Å². The molecule has 2 N–H and O–H groups in total. The predicted molar refractivity (Wildman–Crippen MR) is 98.6 cm³/mol. The van der Waals surface area contributed by atoms with E-state index in [1.807, 2.05) is 54.6 Å². The Hall–Kier alpha value is -2.31. The second-order valence-electron chi connectivity index (χ2n) is 5.21. The van der Waals surface area contributed by atoms with Crippen molar-refractivity contribution in [3.63, 3.8) is 0 Å². The Bertz CT molecular complexity index is 811. The Morgan fingerprint density at radius 2 is 1.75 bits per heavy atom. The molecule has 122 valence electrons. The zero-order valence-corrected chi connectivity index (χ0v) is 14.6. The van der Waals surface area contributed by atoms with Crippen molar-refractivity contribution >= 4 is 21.7 Å². The van der Waals surface area contributed by atoms with Crippen LogP contribution in [0.1, 0.15) is 6.42 Å². The molecule has 6 heteroatoms. The highest BCUT2D eigenvalue weighted by molar-refractivity contribution is 9.10. The SMILES string of the molecule is OCCCNc1nc(-c2cccc(Br)c2)nnc1-c1ccccc1. The third kappa shape index (κ3) is 3.96. The molecule has 3 rings (SSSR count). The molecule has 0 spiro atoms. The van der Waals surface area contributed by atoms with E-state index in [1.54, 1.807) is 0 Å². The number of nitrogens with one attached hydrogen (secondary N) is 1. The minimum absolute atomic E-state index is 0.130. The smallest absolute Gasteiger partial charge is 0.183 e. The lowest BCUT2D eigenvalue weighted by Gasteiger charge is -2.11. The van der Waals surface area contributed by atoms with Gasteiger partial charge in [-0.3, -0.25) is 0 Å². The Balaban J connectivity index is 2.00. The number of nitrogens with zero attached hydrogens (tertiary/aromatic N) is 3. The van der Waals surface area contributed by atoms with Crippen LogP contribution in [0.5, 0.6) is 0 Å². The first-order valence-corrected chi connectivity index (χ1v) is 8.48. The molecule has 0 aliphatic heterocycles. The van der Waals surface area contributed by atoms with Crippen molar-refractivity contribution in [2.75, 3.05) is 18.5 Å². The maximum Gasteiger partial charge on any atom is 0.183 e. The van der Waals surface area contributed by atoms with Gasteiger partial charge in [0, 0.05) is 28.8 Å². The quantitative estimate of drug-likeness (QED) is 0.633. The maximum atomic E-state index is 9.00. The predicted octanol–water partition coefficient (Wildman–Crippen LogP) is 3.76. The Morgan fingerprint density at radius 1 is 0.958 bits per heavy atom. The van der Waals surface area contributed by atoms with Gasteiger partial charge in [0.1, 0.15) is 5.69 Å². The van der Waals surface area contributed by atoms with E-state index in [4.69, 9.17) is 5.11 Å². The van der Waals surface area contributed by atoms with E-state index in [9.17, 15) is 0 Å². The molecule has 2 aromatic carbocycles. The topological polar surface area (TPSA) is 70.9 Å². The van der Waals surface area contributed by atoms with Gasteiger partial charge in [-0.25, -0.2) is 4.98 Å². The van der Waals surface area contributed by atoms with Gasteiger partial charge in [-0.2, -0.15) is 0 Å². The van der Waals surface area contributed by atoms with Crippen LogP contribution in [0.15, 0.2) is 59.1 Å². The lowest BCUT2D eigenvalue weighted by atomic mass is 10.1.